The van der Waals surface area contributed by atoms with Gasteiger partial charge in [-0.2, -0.15) is 4.31 Å². The molecule has 6 nitrogen and oxygen atoms in total. The first-order valence-corrected chi connectivity index (χ1v) is 10.8. The van der Waals surface area contributed by atoms with Gasteiger partial charge in [-0.3, -0.25) is 14.5 Å². The van der Waals surface area contributed by atoms with Gasteiger partial charge in [0.1, 0.15) is 0 Å². The molecule has 2 aromatic rings. The Bertz CT molecular complexity index is 920. The van der Waals surface area contributed by atoms with E-state index in [0.29, 0.717) is 18.8 Å². The lowest BCUT2D eigenvalue weighted by Gasteiger charge is -2.18. The van der Waals surface area contributed by atoms with E-state index in [1.807, 2.05) is 17.5 Å². The Kier molecular flexibility index (Phi) is 4.42. The summed E-state index contributed by atoms with van der Waals surface area (Å²) < 4.78 is 27.3. The number of anilines is 1. The molecule has 3 heterocycles. The van der Waals surface area contributed by atoms with Crippen LogP contribution in [-0.4, -0.2) is 37.6 Å². The molecule has 1 aromatic heterocycles. The van der Waals surface area contributed by atoms with Gasteiger partial charge < -0.3 is 0 Å². The number of carbonyl (C=O) groups is 2. The summed E-state index contributed by atoms with van der Waals surface area (Å²) >= 11 is 1.65. The molecular weight excluding hydrogens is 372 g/mol. The van der Waals surface area contributed by atoms with Crippen molar-refractivity contribution in [3.8, 4) is 0 Å². The zero-order valence-electron chi connectivity index (χ0n) is 14.0. The van der Waals surface area contributed by atoms with Crippen LogP contribution in [0.3, 0.4) is 0 Å². The summed E-state index contributed by atoms with van der Waals surface area (Å²) in [5.74, 6) is -0.253. The highest BCUT2D eigenvalue weighted by molar-refractivity contribution is 7.89. The van der Waals surface area contributed by atoms with Crippen molar-refractivity contribution < 1.29 is 18.0 Å². The van der Waals surface area contributed by atoms with Crippen LogP contribution >= 0.6 is 11.3 Å². The number of thiophene rings is 1. The fourth-order valence-electron chi connectivity index (χ4n) is 3.48. The standard InChI is InChI=1S/C18H18N2O4S2/c21-17-7-8-18(22)20(17)14-3-5-15(6-4-14)26(23,24)19-10-9-13(12-19)16-2-1-11-25-16/h1-6,11,13H,7-10,12H2. The number of carbonyl (C=O) groups excluding carboxylic acids is 2. The van der Waals surface area contributed by atoms with Crippen molar-refractivity contribution in [1.29, 1.82) is 0 Å². The minimum absolute atomic E-state index is 0.187. The molecule has 4 rings (SSSR count). The highest BCUT2D eigenvalue weighted by atomic mass is 32.2. The average Bonchev–Trinajstić information content (AvgIpc) is 3.36. The van der Waals surface area contributed by atoms with E-state index in [1.54, 1.807) is 11.3 Å². The molecule has 136 valence electrons. The van der Waals surface area contributed by atoms with Crippen LogP contribution in [0.1, 0.15) is 30.1 Å². The zero-order chi connectivity index (χ0) is 18.3. The molecule has 0 radical (unpaired) electrons. The predicted octanol–water partition coefficient (Wildman–Crippen LogP) is 2.58. The number of rotatable bonds is 4. The highest BCUT2D eigenvalue weighted by Gasteiger charge is 2.34. The largest absolute Gasteiger partial charge is 0.274 e. The van der Waals surface area contributed by atoms with Crippen LogP contribution in [0, 0.1) is 0 Å². The summed E-state index contributed by atoms with van der Waals surface area (Å²) in [7, 11) is -3.58. The molecule has 0 bridgehead atoms. The van der Waals surface area contributed by atoms with E-state index in [2.05, 4.69) is 0 Å². The fraction of sp³-hybridized carbons (Fsp3) is 0.333. The van der Waals surface area contributed by atoms with Gasteiger partial charge in [0, 0.05) is 36.7 Å². The molecule has 1 aromatic carbocycles. The van der Waals surface area contributed by atoms with Crippen LogP contribution in [0.25, 0.3) is 0 Å². The van der Waals surface area contributed by atoms with Crippen molar-refractivity contribution in [2.24, 2.45) is 0 Å². The third kappa shape index (κ3) is 2.98. The monoisotopic (exact) mass is 390 g/mol. The summed E-state index contributed by atoms with van der Waals surface area (Å²) in [4.78, 5) is 26.1. The smallest absolute Gasteiger partial charge is 0.243 e. The van der Waals surface area contributed by atoms with E-state index in [0.717, 1.165) is 11.3 Å². The maximum absolute atomic E-state index is 12.9. The van der Waals surface area contributed by atoms with Crippen LogP contribution in [0.2, 0.25) is 0 Å². The van der Waals surface area contributed by atoms with Crippen LogP contribution in [-0.2, 0) is 19.6 Å². The maximum atomic E-state index is 12.9. The minimum atomic E-state index is -3.58. The van der Waals surface area contributed by atoms with Crippen LogP contribution in [0.5, 0.6) is 0 Å². The van der Waals surface area contributed by atoms with Gasteiger partial charge in [0.25, 0.3) is 0 Å². The third-order valence-corrected chi connectivity index (χ3v) is 7.79. The van der Waals surface area contributed by atoms with Crippen LogP contribution in [0.4, 0.5) is 5.69 Å². The molecule has 2 aliphatic rings. The second-order valence-electron chi connectivity index (χ2n) is 6.48. The molecular formula is C18H18N2O4S2. The van der Waals surface area contributed by atoms with E-state index in [9.17, 15) is 18.0 Å². The lowest BCUT2D eigenvalue weighted by Crippen LogP contribution is -2.30. The summed E-state index contributed by atoms with van der Waals surface area (Å²) in [6.07, 6.45) is 1.22. The van der Waals surface area contributed by atoms with E-state index in [-0.39, 0.29) is 35.5 Å². The van der Waals surface area contributed by atoms with Crippen molar-refractivity contribution in [1.82, 2.24) is 4.31 Å². The van der Waals surface area contributed by atoms with Gasteiger partial charge in [-0.1, -0.05) is 6.07 Å². The molecule has 0 spiro atoms. The van der Waals surface area contributed by atoms with Crippen LogP contribution < -0.4 is 4.90 Å². The number of hydrogen-bond acceptors (Lipinski definition) is 5. The van der Waals surface area contributed by atoms with Gasteiger partial charge in [0.2, 0.25) is 21.8 Å². The molecule has 0 aliphatic carbocycles. The summed E-state index contributed by atoms with van der Waals surface area (Å²) in [6.45, 7) is 0.976. The SMILES string of the molecule is O=C1CCC(=O)N1c1ccc(S(=O)(=O)N2CCC(c3cccs3)C2)cc1. The van der Waals surface area contributed by atoms with E-state index < -0.39 is 10.0 Å². The van der Waals surface area contributed by atoms with Crippen molar-refractivity contribution >= 4 is 38.9 Å². The Balaban J connectivity index is 1.53. The van der Waals surface area contributed by atoms with E-state index >= 15 is 0 Å². The number of imide groups is 1. The second-order valence-corrected chi connectivity index (χ2v) is 9.40. The van der Waals surface area contributed by atoms with Crippen molar-refractivity contribution in [3.05, 3.63) is 46.7 Å². The first-order chi connectivity index (χ1) is 12.5. The normalized spacial score (nSPS) is 21.7. The number of sulfonamides is 1. The molecule has 0 N–H and O–H groups in total. The molecule has 26 heavy (non-hydrogen) atoms. The fourth-order valence-corrected chi connectivity index (χ4v) is 5.84. The topological polar surface area (TPSA) is 74.8 Å². The summed E-state index contributed by atoms with van der Waals surface area (Å²) in [5, 5.41) is 2.01. The quantitative estimate of drug-likeness (QED) is 0.752. The molecule has 2 amide bonds. The minimum Gasteiger partial charge on any atom is -0.274 e. The van der Waals surface area contributed by atoms with Crippen molar-refractivity contribution in [3.63, 3.8) is 0 Å². The number of nitrogens with zero attached hydrogens (tertiary/aromatic N) is 2. The Hall–Kier alpha value is -2.03. The zero-order valence-corrected chi connectivity index (χ0v) is 15.6. The van der Waals surface area contributed by atoms with Crippen LogP contribution in [0.15, 0.2) is 46.7 Å². The number of amides is 2. The van der Waals surface area contributed by atoms with Gasteiger partial charge in [0.05, 0.1) is 10.6 Å². The summed E-state index contributed by atoms with van der Waals surface area (Å²) in [6, 6.07) is 10.0. The second kappa shape index (κ2) is 6.61. The molecule has 1 unspecified atom stereocenters. The Labute approximate surface area is 156 Å². The third-order valence-electron chi connectivity index (χ3n) is 4.88. The molecule has 2 fully saturated rings. The summed E-state index contributed by atoms with van der Waals surface area (Å²) in [5.41, 5.74) is 0.425. The van der Waals surface area contributed by atoms with Gasteiger partial charge in [0.15, 0.2) is 0 Å². The van der Waals surface area contributed by atoms with Gasteiger partial charge in [-0.25, -0.2) is 8.42 Å². The lowest BCUT2D eigenvalue weighted by atomic mass is 10.1. The van der Waals surface area contributed by atoms with E-state index in [4.69, 9.17) is 0 Å². The lowest BCUT2D eigenvalue weighted by molar-refractivity contribution is -0.121. The average molecular weight is 390 g/mol. The predicted molar refractivity (Wildman–Crippen MR) is 98.6 cm³/mol. The first-order valence-electron chi connectivity index (χ1n) is 8.46. The van der Waals surface area contributed by atoms with Gasteiger partial charge in [-0.05, 0) is 42.1 Å². The maximum Gasteiger partial charge on any atom is 0.243 e. The van der Waals surface area contributed by atoms with Gasteiger partial charge >= 0.3 is 0 Å². The highest BCUT2D eigenvalue weighted by Crippen LogP contribution is 2.33. The number of hydrogen-bond donors (Lipinski definition) is 0. The molecule has 2 saturated heterocycles. The van der Waals surface area contributed by atoms with Gasteiger partial charge in [-0.15, -0.1) is 11.3 Å². The van der Waals surface area contributed by atoms with E-state index in [1.165, 1.54) is 33.4 Å². The van der Waals surface area contributed by atoms with Crippen molar-refractivity contribution in [2.45, 2.75) is 30.1 Å². The molecule has 2 aliphatic heterocycles. The molecule has 1 atom stereocenters. The molecule has 8 heteroatoms. The van der Waals surface area contributed by atoms with Crippen molar-refractivity contribution in [2.75, 3.05) is 18.0 Å². The Morgan fingerprint density at radius 1 is 1.00 bits per heavy atom. The Morgan fingerprint density at radius 3 is 2.31 bits per heavy atom. The Morgan fingerprint density at radius 2 is 1.69 bits per heavy atom. The molecule has 0 saturated carbocycles. The first kappa shape index (κ1) is 17.4. The number of benzene rings is 1.